The fraction of sp³-hybridized carbons (Fsp3) is 0.417. The molecule has 0 N–H and O–H groups in total. The van der Waals surface area contributed by atoms with Crippen LogP contribution in [0.25, 0.3) is 5.57 Å². The number of allylic oxidation sites excluding steroid dienone is 19. The summed E-state index contributed by atoms with van der Waals surface area (Å²) in [7, 11) is 0. The van der Waals surface area contributed by atoms with Crippen LogP contribution in [-0.4, -0.2) is 0 Å². The summed E-state index contributed by atoms with van der Waals surface area (Å²) in [6.45, 7) is 11.8. The molecule has 0 heterocycles. The van der Waals surface area contributed by atoms with Gasteiger partial charge in [0.2, 0.25) is 0 Å². The Bertz CT molecular complexity index is 1930. The molecule has 0 radical (unpaired) electrons. The highest BCUT2D eigenvalue weighted by atomic mass is 15.2. The number of nitrogens with zero attached hydrogens (tertiary/aromatic N) is 1. The van der Waals surface area contributed by atoms with E-state index in [4.69, 9.17) is 6.42 Å². The van der Waals surface area contributed by atoms with Gasteiger partial charge in [-0.15, -0.1) is 6.42 Å². The molecule has 0 amide bonds. The van der Waals surface area contributed by atoms with Gasteiger partial charge in [0, 0.05) is 28.6 Å². The van der Waals surface area contributed by atoms with Gasteiger partial charge in [-0.25, -0.2) is 0 Å². The summed E-state index contributed by atoms with van der Waals surface area (Å²) in [5, 5.41) is 0. The van der Waals surface area contributed by atoms with Gasteiger partial charge in [-0.1, -0.05) is 112 Å². The van der Waals surface area contributed by atoms with Gasteiger partial charge in [0.25, 0.3) is 0 Å². The minimum absolute atomic E-state index is 0.0163. The van der Waals surface area contributed by atoms with Gasteiger partial charge in [0.15, 0.2) is 0 Å². The van der Waals surface area contributed by atoms with Crippen LogP contribution < -0.4 is 4.90 Å². The maximum absolute atomic E-state index is 6.33. The van der Waals surface area contributed by atoms with E-state index in [2.05, 4.69) is 137 Å². The molecule has 3 unspecified atom stereocenters. The van der Waals surface area contributed by atoms with E-state index in [0.717, 1.165) is 44.4 Å². The van der Waals surface area contributed by atoms with Crippen LogP contribution in [0.15, 0.2) is 130 Å². The van der Waals surface area contributed by atoms with E-state index in [9.17, 15) is 0 Å². The zero-order valence-electron chi connectivity index (χ0n) is 30.4. The lowest BCUT2D eigenvalue weighted by Crippen LogP contribution is -2.30. The van der Waals surface area contributed by atoms with Crippen LogP contribution in [-0.2, 0) is 6.42 Å². The quantitative estimate of drug-likeness (QED) is 0.289. The van der Waals surface area contributed by atoms with Gasteiger partial charge in [0.1, 0.15) is 0 Å². The minimum Gasteiger partial charge on any atom is -0.314 e. The van der Waals surface area contributed by atoms with Crippen molar-refractivity contribution in [1.29, 1.82) is 0 Å². The van der Waals surface area contributed by atoms with Crippen molar-refractivity contribution in [3.8, 4) is 12.3 Å². The zero-order valence-corrected chi connectivity index (χ0v) is 30.4. The summed E-state index contributed by atoms with van der Waals surface area (Å²) in [6.07, 6.45) is 45.2. The molecule has 0 aliphatic heterocycles. The number of aryl methyl sites for hydroxylation is 1. The van der Waals surface area contributed by atoms with Crippen molar-refractivity contribution in [2.75, 3.05) is 4.90 Å². The Labute approximate surface area is 296 Å². The van der Waals surface area contributed by atoms with E-state index < -0.39 is 0 Å². The van der Waals surface area contributed by atoms with Gasteiger partial charge in [-0.2, -0.15) is 0 Å². The van der Waals surface area contributed by atoms with E-state index in [1.54, 1.807) is 16.7 Å². The highest BCUT2D eigenvalue weighted by Crippen LogP contribution is 2.58. The summed E-state index contributed by atoms with van der Waals surface area (Å²) >= 11 is 0. The number of fused-ring (bicyclic) bond motifs is 5. The first kappa shape index (κ1) is 32.2. The molecule has 1 aromatic rings. The Morgan fingerprint density at radius 3 is 2.63 bits per heavy atom. The molecule has 5 atom stereocenters. The standard InChI is InChI=1S/C48H53N/c1-7-13-43-38(8-2)46-41-23-20-33-19-21-37(31-42(33)40(41)24-25-44(46)47(43,4)5)49(45-17-12-14-34-30-32(3)18-22-39(34)45)36-26-28-48(6,29-27-36)35-15-10-9-11-16-35/h2,7,9-11,13-15,19,21,24-28,31-32,35,44,46H,12,16-18,20,22-23,29-30H2,1,3-6H3/b13-7-/t32-,35?,44?,46?,48-/m0/s1. The van der Waals surface area contributed by atoms with Crippen molar-refractivity contribution in [3.63, 3.8) is 0 Å². The molecule has 1 fully saturated rings. The molecule has 250 valence electrons. The molecule has 1 aromatic carbocycles. The molecule has 7 aliphatic rings. The van der Waals surface area contributed by atoms with Crippen LogP contribution in [0.1, 0.15) is 97.1 Å². The van der Waals surface area contributed by atoms with Crippen LogP contribution in [0.4, 0.5) is 5.69 Å². The average molecular weight is 644 g/mol. The monoisotopic (exact) mass is 643 g/mol. The zero-order chi connectivity index (χ0) is 33.9. The van der Waals surface area contributed by atoms with Crippen molar-refractivity contribution in [3.05, 3.63) is 141 Å². The van der Waals surface area contributed by atoms with Crippen LogP contribution in [0.3, 0.4) is 0 Å². The summed E-state index contributed by atoms with van der Waals surface area (Å²) in [4.78, 5) is 2.67. The summed E-state index contributed by atoms with van der Waals surface area (Å²) in [6, 6.07) is 7.39. The third kappa shape index (κ3) is 5.30. The van der Waals surface area contributed by atoms with Crippen LogP contribution in [0.5, 0.6) is 0 Å². The molecule has 0 spiro atoms. The van der Waals surface area contributed by atoms with Crippen molar-refractivity contribution in [2.24, 2.45) is 34.5 Å². The Hall–Kier alpha value is -4.02. The summed E-state index contributed by atoms with van der Waals surface area (Å²) in [5.74, 6) is 5.21. The number of benzene rings is 1. The van der Waals surface area contributed by atoms with Crippen LogP contribution >= 0.6 is 0 Å². The maximum Gasteiger partial charge on any atom is 0.0464 e. The lowest BCUT2D eigenvalue weighted by atomic mass is 9.66. The first-order valence-electron chi connectivity index (χ1n) is 19.1. The average Bonchev–Trinajstić information content (AvgIpc) is 3.34. The second kappa shape index (κ2) is 12.4. The van der Waals surface area contributed by atoms with Gasteiger partial charge >= 0.3 is 0 Å². The van der Waals surface area contributed by atoms with E-state index in [1.165, 1.54) is 64.2 Å². The molecule has 0 aromatic heterocycles. The summed E-state index contributed by atoms with van der Waals surface area (Å²) in [5.41, 5.74) is 15.9. The lowest BCUT2D eigenvalue weighted by Gasteiger charge is -2.40. The smallest absolute Gasteiger partial charge is 0.0464 e. The Morgan fingerprint density at radius 1 is 1.00 bits per heavy atom. The number of hydrogen-bond acceptors (Lipinski definition) is 1. The molecule has 0 saturated heterocycles. The second-order valence-electron chi connectivity index (χ2n) is 16.5. The third-order valence-electron chi connectivity index (χ3n) is 13.2. The maximum atomic E-state index is 6.33. The van der Waals surface area contributed by atoms with E-state index >= 15 is 0 Å². The fourth-order valence-electron chi connectivity index (χ4n) is 10.3. The number of anilines is 1. The van der Waals surface area contributed by atoms with Gasteiger partial charge in [-0.3, -0.25) is 0 Å². The topological polar surface area (TPSA) is 3.24 Å². The van der Waals surface area contributed by atoms with Gasteiger partial charge < -0.3 is 4.90 Å². The Balaban J connectivity index is 1.23. The van der Waals surface area contributed by atoms with Crippen molar-refractivity contribution < 1.29 is 0 Å². The minimum atomic E-state index is 0.0163. The van der Waals surface area contributed by atoms with E-state index in [-0.39, 0.29) is 10.8 Å². The Morgan fingerprint density at radius 2 is 1.88 bits per heavy atom. The summed E-state index contributed by atoms with van der Waals surface area (Å²) < 4.78 is 0. The largest absolute Gasteiger partial charge is 0.314 e. The highest BCUT2D eigenvalue weighted by Gasteiger charge is 2.49. The molecule has 1 nitrogen and oxygen atoms in total. The molecular weight excluding hydrogens is 591 g/mol. The molecular formula is C48H53N. The molecule has 7 aliphatic carbocycles. The van der Waals surface area contributed by atoms with Gasteiger partial charge in [-0.05, 0) is 145 Å². The fourth-order valence-corrected chi connectivity index (χ4v) is 10.3. The second-order valence-corrected chi connectivity index (χ2v) is 16.5. The first-order chi connectivity index (χ1) is 23.7. The van der Waals surface area contributed by atoms with Crippen LogP contribution in [0, 0.1) is 46.8 Å². The number of hydrogen-bond donors (Lipinski definition) is 0. The van der Waals surface area contributed by atoms with Crippen LogP contribution in [0.2, 0.25) is 0 Å². The third-order valence-corrected chi connectivity index (χ3v) is 13.2. The molecule has 8 rings (SSSR count). The van der Waals surface area contributed by atoms with Crippen molar-refractivity contribution in [2.45, 2.75) is 92.4 Å². The van der Waals surface area contributed by atoms with Crippen molar-refractivity contribution >= 4 is 11.3 Å². The predicted molar refractivity (Wildman–Crippen MR) is 208 cm³/mol. The molecule has 1 heteroatoms. The predicted octanol–water partition coefficient (Wildman–Crippen LogP) is 12.3. The first-order valence-corrected chi connectivity index (χ1v) is 19.1. The highest BCUT2D eigenvalue weighted by molar-refractivity contribution is 5.85. The van der Waals surface area contributed by atoms with Gasteiger partial charge in [0.05, 0.1) is 0 Å². The molecule has 49 heavy (non-hydrogen) atoms. The number of rotatable bonds is 5. The number of terminal acetylenes is 1. The Kier molecular flexibility index (Phi) is 8.14. The SMILES string of the molecule is C#CC1=C(/C=C\C)C(C)(C)C2C=CC3=C(CCc4ccc(N(C5=CC[C@@](C)(C6C=CC=CC6)C=C5)C5=C6CC[C@H](C)CC6=CCC5)cc43)C12. The normalized spacial score (nSPS) is 31.3. The van der Waals surface area contributed by atoms with E-state index in [1.807, 2.05) is 0 Å². The van der Waals surface area contributed by atoms with Crippen molar-refractivity contribution in [1.82, 2.24) is 0 Å². The molecule has 1 saturated carbocycles. The van der Waals surface area contributed by atoms with E-state index in [0.29, 0.717) is 17.8 Å². The molecule has 0 bridgehead atoms. The lowest BCUT2D eigenvalue weighted by molar-refractivity contribution is 0.307.